The van der Waals surface area contributed by atoms with Crippen LogP contribution in [-0.2, 0) is 10.0 Å². The monoisotopic (exact) mass is 446 g/mol. The van der Waals surface area contributed by atoms with Crippen LogP contribution in [0.5, 0.6) is 0 Å². The van der Waals surface area contributed by atoms with E-state index in [4.69, 9.17) is 11.6 Å². The van der Waals surface area contributed by atoms with Crippen LogP contribution in [0, 0.1) is 5.92 Å². The van der Waals surface area contributed by atoms with Crippen molar-refractivity contribution in [1.29, 1.82) is 0 Å². The van der Waals surface area contributed by atoms with Crippen molar-refractivity contribution in [3.05, 3.63) is 63.8 Å². The molecule has 0 aromatic heterocycles. The van der Waals surface area contributed by atoms with E-state index in [2.05, 4.69) is 42.6 Å². The summed E-state index contributed by atoms with van der Waals surface area (Å²) in [5.74, 6) is 0.700. The molecule has 162 valence electrons. The summed E-state index contributed by atoms with van der Waals surface area (Å²) in [6.07, 6.45) is 15.0. The third-order valence-electron chi connectivity index (χ3n) is 6.69. The number of piperidine rings is 1. The van der Waals surface area contributed by atoms with Gasteiger partial charge in [0.2, 0.25) is 10.0 Å². The lowest BCUT2D eigenvalue weighted by Gasteiger charge is -2.42. The number of hydrogen-bond donors (Lipinski definition) is 1. The van der Waals surface area contributed by atoms with Gasteiger partial charge in [0.05, 0.1) is 12.3 Å². The lowest BCUT2D eigenvalue weighted by atomic mass is 9.70. The number of halogens is 1. The van der Waals surface area contributed by atoms with Gasteiger partial charge >= 0.3 is 0 Å². The van der Waals surface area contributed by atoms with Crippen molar-refractivity contribution < 1.29 is 8.42 Å². The van der Waals surface area contributed by atoms with Crippen molar-refractivity contribution in [3.63, 3.8) is 0 Å². The summed E-state index contributed by atoms with van der Waals surface area (Å²) in [6.45, 7) is 3.42. The van der Waals surface area contributed by atoms with Crippen molar-refractivity contribution in [2.24, 2.45) is 5.92 Å². The van der Waals surface area contributed by atoms with Gasteiger partial charge in [-0.1, -0.05) is 48.7 Å². The molecule has 1 fully saturated rings. The van der Waals surface area contributed by atoms with Crippen molar-refractivity contribution >= 4 is 27.7 Å². The molecule has 4 nitrogen and oxygen atoms in total. The Morgan fingerprint density at radius 2 is 2.00 bits per heavy atom. The number of allylic oxidation sites excluding steroid dienone is 3. The van der Waals surface area contributed by atoms with E-state index in [9.17, 15) is 8.42 Å². The van der Waals surface area contributed by atoms with E-state index in [-0.39, 0.29) is 12.0 Å². The van der Waals surface area contributed by atoms with Gasteiger partial charge in [0.15, 0.2) is 0 Å². The van der Waals surface area contributed by atoms with Gasteiger partial charge in [-0.2, -0.15) is 0 Å². The van der Waals surface area contributed by atoms with E-state index in [1.165, 1.54) is 28.5 Å². The minimum atomic E-state index is -3.13. The quantitative estimate of drug-likeness (QED) is 0.700. The molecule has 1 aromatic rings. The molecule has 6 heteroatoms. The SMILES string of the molecule is CCC/C1=C/c2cc(Cl)ccc2C(C2CCN(S(C)(=O)=O)CC2)C2NC=CC=C2C1. The van der Waals surface area contributed by atoms with E-state index < -0.39 is 10.0 Å². The highest BCUT2D eigenvalue weighted by molar-refractivity contribution is 7.88. The third-order valence-corrected chi connectivity index (χ3v) is 8.22. The van der Waals surface area contributed by atoms with Crippen LogP contribution in [0.3, 0.4) is 0 Å². The maximum absolute atomic E-state index is 12.0. The Morgan fingerprint density at radius 3 is 2.70 bits per heavy atom. The van der Waals surface area contributed by atoms with Crippen LogP contribution in [0.2, 0.25) is 5.02 Å². The van der Waals surface area contributed by atoms with Gasteiger partial charge < -0.3 is 5.32 Å². The van der Waals surface area contributed by atoms with Crippen molar-refractivity contribution in [3.8, 4) is 0 Å². The Hall–Kier alpha value is -1.56. The van der Waals surface area contributed by atoms with Crippen LogP contribution in [0.15, 0.2) is 47.7 Å². The summed E-state index contributed by atoms with van der Waals surface area (Å²) >= 11 is 6.39. The van der Waals surface area contributed by atoms with Gasteiger partial charge in [0, 0.05) is 24.0 Å². The molecule has 2 atom stereocenters. The number of hydrogen-bond acceptors (Lipinski definition) is 3. The zero-order valence-corrected chi connectivity index (χ0v) is 19.3. The van der Waals surface area contributed by atoms with Crippen molar-refractivity contribution in [2.45, 2.75) is 51.0 Å². The van der Waals surface area contributed by atoms with E-state index >= 15 is 0 Å². The van der Waals surface area contributed by atoms with Gasteiger partial charge in [-0.15, -0.1) is 0 Å². The Kier molecular flexibility index (Phi) is 6.42. The number of fused-ring (bicyclic) bond motifs is 2. The molecule has 4 rings (SSSR count). The van der Waals surface area contributed by atoms with Crippen LogP contribution < -0.4 is 5.32 Å². The number of dihydropyridines is 1. The standard InChI is InChI=1S/C24H31ClN2O2S/c1-3-5-17-14-19-6-4-11-26-24(19)23(22-8-7-21(25)16-20(22)15-17)18-9-12-27(13-10-18)30(2,28)29/h4,6-8,11,15-16,18,23-24,26H,3,5,9-10,12-14H2,1-2H3/b17-15-. The molecule has 0 amide bonds. The lowest BCUT2D eigenvalue weighted by molar-refractivity contribution is 0.227. The number of nitrogens with one attached hydrogen (secondary N) is 1. The first kappa shape index (κ1) is 21.7. The minimum Gasteiger partial charge on any atom is -0.384 e. The van der Waals surface area contributed by atoms with Gasteiger partial charge in [0.1, 0.15) is 0 Å². The normalized spacial score (nSPS) is 27.0. The molecule has 3 aliphatic rings. The molecular weight excluding hydrogens is 416 g/mol. The lowest BCUT2D eigenvalue weighted by Crippen LogP contribution is -2.44. The highest BCUT2D eigenvalue weighted by atomic mass is 35.5. The first-order chi connectivity index (χ1) is 14.4. The fourth-order valence-electron chi connectivity index (χ4n) is 5.31. The van der Waals surface area contributed by atoms with Crippen LogP contribution >= 0.6 is 11.6 Å². The first-order valence-electron chi connectivity index (χ1n) is 10.9. The second kappa shape index (κ2) is 8.89. The Labute approximate surface area is 185 Å². The molecule has 1 aliphatic carbocycles. The third kappa shape index (κ3) is 4.53. The van der Waals surface area contributed by atoms with Gasteiger partial charge in [0.25, 0.3) is 0 Å². The second-order valence-corrected chi connectivity index (χ2v) is 11.2. The molecule has 1 N–H and O–H groups in total. The van der Waals surface area contributed by atoms with E-state index in [0.717, 1.165) is 37.1 Å². The maximum atomic E-state index is 12.0. The van der Waals surface area contributed by atoms with Gasteiger partial charge in [-0.25, -0.2) is 12.7 Å². The summed E-state index contributed by atoms with van der Waals surface area (Å²) in [5.41, 5.74) is 5.41. The minimum absolute atomic E-state index is 0.227. The molecule has 0 radical (unpaired) electrons. The Morgan fingerprint density at radius 1 is 1.23 bits per heavy atom. The number of rotatable bonds is 4. The highest BCUT2D eigenvalue weighted by Gasteiger charge is 2.38. The highest BCUT2D eigenvalue weighted by Crippen LogP contribution is 2.44. The molecule has 2 aliphatic heterocycles. The molecule has 0 bridgehead atoms. The number of nitrogens with zero attached hydrogens (tertiary/aromatic N) is 1. The summed E-state index contributed by atoms with van der Waals surface area (Å²) in [7, 11) is -3.13. The summed E-state index contributed by atoms with van der Waals surface area (Å²) in [5, 5.41) is 4.42. The van der Waals surface area contributed by atoms with Crippen molar-refractivity contribution in [2.75, 3.05) is 19.3 Å². The summed E-state index contributed by atoms with van der Waals surface area (Å²) < 4.78 is 25.6. The molecule has 0 saturated carbocycles. The Balaban J connectivity index is 1.75. The largest absolute Gasteiger partial charge is 0.384 e. The smallest absolute Gasteiger partial charge is 0.211 e. The predicted octanol–water partition coefficient (Wildman–Crippen LogP) is 5.09. The average Bonchev–Trinajstić information content (AvgIpc) is 2.69. The van der Waals surface area contributed by atoms with E-state index in [1.54, 1.807) is 4.31 Å². The zero-order chi connectivity index (χ0) is 21.3. The fourth-order valence-corrected chi connectivity index (χ4v) is 6.36. The van der Waals surface area contributed by atoms with Gasteiger partial charge in [-0.3, -0.25) is 0 Å². The molecule has 2 heterocycles. The van der Waals surface area contributed by atoms with Crippen LogP contribution in [0.4, 0.5) is 0 Å². The van der Waals surface area contributed by atoms with Crippen molar-refractivity contribution in [1.82, 2.24) is 9.62 Å². The molecule has 1 aromatic carbocycles. The first-order valence-corrected chi connectivity index (χ1v) is 13.1. The van der Waals surface area contributed by atoms with Crippen LogP contribution in [0.25, 0.3) is 6.08 Å². The number of benzene rings is 1. The van der Waals surface area contributed by atoms with Crippen LogP contribution in [0.1, 0.15) is 56.1 Å². The predicted molar refractivity (Wildman–Crippen MR) is 125 cm³/mol. The van der Waals surface area contributed by atoms with E-state index in [0.29, 0.717) is 19.0 Å². The summed E-state index contributed by atoms with van der Waals surface area (Å²) in [6, 6.07) is 6.51. The average molecular weight is 447 g/mol. The molecular formula is C24H31ClN2O2S. The Bertz CT molecular complexity index is 988. The molecule has 30 heavy (non-hydrogen) atoms. The van der Waals surface area contributed by atoms with Gasteiger partial charge in [-0.05, 0) is 72.7 Å². The van der Waals surface area contributed by atoms with E-state index in [1.807, 2.05) is 12.3 Å². The second-order valence-electron chi connectivity index (χ2n) is 8.77. The zero-order valence-electron chi connectivity index (χ0n) is 17.8. The van der Waals surface area contributed by atoms with Crippen LogP contribution in [-0.4, -0.2) is 38.1 Å². The molecule has 0 spiro atoms. The molecule has 1 saturated heterocycles. The molecule has 2 unspecified atom stereocenters. The maximum Gasteiger partial charge on any atom is 0.211 e. The fraction of sp³-hybridized carbons (Fsp3) is 0.500. The topological polar surface area (TPSA) is 49.4 Å². The summed E-state index contributed by atoms with van der Waals surface area (Å²) in [4.78, 5) is 0. The number of sulfonamides is 1.